The molecule has 0 spiro atoms. The predicted octanol–water partition coefficient (Wildman–Crippen LogP) is 1.98. The molecule has 0 saturated carbocycles. The van der Waals surface area contributed by atoms with E-state index in [-0.39, 0.29) is 0 Å². The highest BCUT2D eigenvalue weighted by molar-refractivity contribution is 5.93. The quantitative estimate of drug-likeness (QED) is 0.881. The van der Waals surface area contributed by atoms with Gasteiger partial charge in [-0.15, -0.1) is 0 Å². The number of rotatable bonds is 6. The summed E-state index contributed by atoms with van der Waals surface area (Å²) in [6, 6.07) is 9.15. The molecule has 0 fully saturated rings. The molecule has 1 heterocycles. The number of pyridine rings is 1. The van der Waals surface area contributed by atoms with Crippen molar-refractivity contribution in [3.05, 3.63) is 53.3 Å². The van der Waals surface area contributed by atoms with Crippen LogP contribution >= 0.6 is 0 Å². The first-order chi connectivity index (χ1) is 10.2. The number of aromatic nitrogens is 1. The molecule has 0 bridgehead atoms. The van der Waals surface area contributed by atoms with E-state index in [1.807, 2.05) is 18.2 Å². The maximum Gasteiger partial charge on any atom is 0.250 e. The van der Waals surface area contributed by atoms with E-state index < -0.39 is 5.91 Å². The van der Waals surface area contributed by atoms with Crippen LogP contribution in [-0.2, 0) is 12.8 Å². The molecule has 0 aliphatic carbocycles. The average molecular weight is 286 g/mol. The maximum absolute atomic E-state index is 11.4. The zero-order valence-corrected chi connectivity index (χ0v) is 12.1. The van der Waals surface area contributed by atoms with E-state index in [0.29, 0.717) is 29.2 Å². The fourth-order valence-electron chi connectivity index (χ4n) is 2.16. The van der Waals surface area contributed by atoms with Gasteiger partial charge in [-0.2, -0.15) is 0 Å². The van der Waals surface area contributed by atoms with Crippen LogP contribution in [0.25, 0.3) is 0 Å². The first-order valence-corrected chi connectivity index (χ1v) is 6.60. The van der Waals surface area contributed by atoms with Gasteiger partial charge in [0.15, 0.2) is 11.5 Å². The summed E-state index contributed by atoms with van der Waals surface area (Å²) in [6.07, 6.45) is 3.03. The summed E-state index contributed by atoms with van der Waals surface area (Å²) in [5, 5.41) is 0. The zero-order chi connectivity index (χ0) is 15.2. The predicted molar refractivity (Wildman–Crippen MR) is 79.7 cm³/mol. The number of ether oxygens (including phenoxy) is 2. The number of aryl methyl sites for hydroxylation is 2. The fraction of sp³-hybridized carbons (Fsp3) is 0.250. The Morgan fingerprint density at radius 3 is 2.57 bits per heavy atom. The van der Waals surface area contributed by atoms with Crippen LogP contribution in [0.4, 0.5) is 0 Å². The number of nitrogens with two attached hydrogens (primary N) is 1. The smallest absolute Gasteiger partial charge is 0.250 e. The Morgan fingerprint density at radius 2 is 1.90 bits per heavy atom. The minimum absolute atomic E-state index is 0.453. The molecule has 2 aromatic rings. The van der Waals surface area contributed by atoms with E-state index in [1.165, 1.54) is 0 Å². The Kier molecular flexibility index (Phi) is 4.77. The van der Waals surface area contributed by atoms with E-state index in [2.05, 4.69) is 4.98 Å². The lowest BCUT2D eigenvalue weighted by Crippen LogP contribution is -2.15. The van der Waals surface area contributed by atoms with Crippen molar-refractivity contribution in [3.8, 4) is 11.5 Å². The Bertz CT molecular complexity index is 641. The summed E-state index contributed by atoms with van der Waals surface area (Å²) < 4.78 is 10.5. The van der Waals surface area contributed by atoms with Crippen LogP contribution in [0.5, 0.6) is 11.5 Å². The molecule has 1 amide bonds. The van der Waals surface area contributed by atoms with Crippen molar-refractivity contribution in [1.82, 2.24) is 4.98 Å². The fourth-order valence-corrected chi connectivity index (χ4v) is 2.16. The van der Waals surface area contributed by atoms with Crippen LogP contribution in [0, 0.1) is 0 Å². The van der Waals surface area contributed by atoms with Gasteiger partial charge in [0.05, 0.1) is 25.5 Å². The molecule has 110 valence electrons. The molecule has 0 radical (unpaired) electrons. The molecule has 2 N–H and O–H groups in total. The molecule has 0 aliphatic heterocycles. The molecule has 0 atom stereocenters. The topological polar surface area (TPSA) is 74.4 Å². The Balaban J connectivity index is 2.15. The van der Waals surface area contributed by atoms with Crippen LogP contribution in [0.1, 0.15) is 21.6 Å². The minimum atomic E-state index is -0.453. The summed E-state index contributed by atoms with van der Waals surface area (Å²) >= 11 is 0. The molecule has 0 unspecified atom stereocenters. The highest BCUT2D eigenvalue weighted by Crippen LogP contribution is 2.28. The van der Waals surface area contributed by atoms with Crippen molar-refractivity contribution < 1.29 is 14.3 Å². The van der Waals surface area contributed by atoms with E-state index in [9.17, 15) is 4.79 Å². The lowest BCUT2D eigenvalue weighted by atomic mass is 10.0. The number of carbonyl (C=O) groups excluding carboxylic acids is 1. The largest absolute Gasteiger partial charge is 0.493 e. The molecule has 5 nitrogen and oxygen atoms in total. The summed E-state index contributed by atoms with van der Waals surface area (Å²) in [5.41, 5.74) is 7.61. The van der Waals surface area contributed by atoms with Crippen LogP contribution < -0.4 is 15.2 Å². The molecular weight excluding hydrogens is 268 g/mol. The van der Waals surface area contributed by atoms with Gasteiger partial charge in [0.2, 0.25) is 0 Å². The molecule has 1 aromatic carbocycles. The van der Waals surface area contributed by atoms with Crippen molar-refractivity contribution in [2.75, 3.05) is 14.2 Å². The number of nitrogens with zero attached hydrogens (tertiary/aromatic N) is 1. The van der Waals surface area contributed by atoms with Gasteiger partial charge in [0.25, 0.3) is 5.91 Å². The van der Waals surface area contributed by atoms with Gasteiger partial charge >= 0.3 is 0 Å². The van der Waals surface area contributed by atoms with E-state index in [4.69, 9.17) is 15.2 Å². The van der Waals surface area contributed by atoms with Crippen LogP contribution in [0.3, 0.4) is 0 Å². The number of hydrogen-bond donors (Lipinski definition) is 1. The Hall–Kier alpha value is -2.56. The van der Waals surface area contributed by atoms with Gasteiger partial charge in [-0.05, 0) is 42.7 Å². The lowest BCUT2D eigenvalue weighted by Gasteiger charge is -2.10. The highest BCUT2D eigenvalue weighted by Gasteiger charge is 2.10. The van der Waals surface area contributed by atoms with Crippen LogP contribution in [0.15, 0.2) is 36.5 Å². The van der Waals surface area contributed by atoms with Crippen LogP contribution in [-0.4, -0.2) is 25.1 Å². The number of methoxy groups -OCH3 is 2. The van der Waals surface area contributed by atoms with Crippen molar-refractivity contribution in [3.63, 3.8) is 0 Å². The van der Waals surface area contributed by atoms with Gasteiger partial charge in [0.1, 0.15) is 0 Å². The summed E-state index contributed by atoms with van der Waals surface area (Å²) in [4.78, 5) is 15.6. The van der Waals surface area contributed by atoms with Gasteiger partial charge in [-0.3, -0.25) is 9.78 Å². The number of carbonyl (C=O) groups is 1. The van der Waals surface area contributed by atoms with Gasteiger partial charge < -0.3 is 15.2 Å². The van der Waals surface area contributed by atoms with Crippen molar-refractivity contribution in [1.29, 1.82) is 0 Å². The van der Waals surface area contributed by atoms with E-state index in [0.717, 1.165) is 12.0 Å². The second-order valence-electron chi connectivity index (χ2n) is 4.55. The number of hydrogen-bond acceptors (Lipinski definition) is 4. The number of primary amides is 1. The standard InChI is InChI=1S/C16H18N2O3/c1-20-14-8-6-11(10-15(14)21-2)5-7-13-12(16(17)19)4-3-9-18-13/h3-4,6,8-10H,5,7H2,1-2H3,(H2,17,19). The van der Waals surface area contributed by atoms with Crippen molar-refractivity contribution in [2.24, 2.45) is 5.73 Å². The average Bonchev–Trinajstić information content (AvgIpc) is 2.52. The highest BCUT2D eigenvalue weighted by atomic mass is 16.5. The van der Waals surface area contributed by atoms with E-state index >= 15 is 0 Å². The normalized spacial score (nSPS) is 10.2. The Morgan fingerprint density at radius 1 is 1.14 bits per heavy atom. The third-order valence-corrected chi connectivity index (χ3v) is 3.25. The second kappa shape index (κ2) is 6.74. The van der Waals surface area contributed by atoms with Crippen LogP contribution in [0.2, 0.25) is 0 Å². The third kappa shape index (κ3) is 3.51. The second-order valence-corrected chi connectivity index (χ2v) is 4.55. The monoisotopic (exact) mass is 286 g/mol. The lowest BCUT2D eigenvalue weighted by molar-refractivity contribution is 0.0999. The summed E-state index contributed by atoms with van der Waals surface area (Å²) in [5.74, 6) is 0.925. The molecular formula is C16H18N2O3. The number of amides is 1. The van der Waals surface area contributed by atoms with Gasteiger partial charge in [0, 0.05) is 6.20 Å². The molecule has 0 saturated heterocycles. The molecule has 21 heavy (non-hydrogen) atoms. The summed E-state index contributed by atoms with van der Waals surface area (Å²) in [6.45, 7) is 0. The summed E-state index contributed by atoms with van der Waals surface area (Å²) in [7, 11) is 3.20. The third-order valence-electron chi connectivity index (χ3n) is 3.25. The Labute approximate surface area is 123 Å². The van der Waals surface area contributed by atoms with Gasteiger partial charge in [-0.25, -0.2) is 0 Å². The first kappa shape index (κ1) is 14.8. The van der Waals surface area contributed by atoms with Gasteiger partial charge in [-0.1, -0.05) is 6.07 Å². The van der Waals surface area contributed by atoms with Crippen molar-refractivity contribution in [2.45, 2.75) is 12.8 Å². The molecule has 0 aliphatic rings. The maximum atomic E-state index is 11.4. The molecule has 5 heteroatoms. The minimum Gasteiger partial charge on any atom is -0.493 e. The number of benzene rings is 1. The first-order valence-electron chi connectivity index (χ1n) is 6.60. The van der Waals surface area contributed by atoms with Crippen molar-refractivity contribution >= 4 is 5.91 Å². The zero-order valence-electron chi connectivity index (χ0n) is 12.1. The molecule has 1 aromatic heterocycles. The SMILES string of the molecule is COc1ccc(CCc2ncccc2C(N)=O)cc1OC. The van der Waals surface area contributed by atoms with E-state index in [1.54, 1.807) is 32.5 Å². The molecule has 2 rings (SSSR count).